The lowest BCUT2D eigenvalue weighted by Gasteiger charge is -2.32. The largest absolute Gasteiger partial charge is 0.335 e. The van der Waals surface area contributed by atoms with Gasteiger partial charge in [-0.05, 0) is 67.9 Å². The summed E-state index contributed by atoms with van der Waals surface area (Å²) in [5.74, 6) is 3.04. The zero-order valence-electron chi connectivity index (χ0n) is 14.2. The van der Waals surface area contributed by atoms with Crippen molar-refractivity contribution in [2.45, 2.75) is 44.2 Å². The maximum atomic E-state index is 12.7. The SMILES string of the molecule is O=C(NC1CCCN(c2cccnc2)C1=O)NC1C2C3CCC(C3)C12. The summed E-state index contributed by atoms with van der Waals surface area (Å²) < 4.78 is 0. The van der Waals surface area contributed by atoms with Gasteiger partial charge >= 0.3 is 6.03 Å². The van der Waals surface area contributed by atoms with Gasteiger partial charge in [-0.25, -0.2) is 4.79 Å². The summed E-state index contributed by atoms with van der Waals surface area (Å²) in [7, 11) is 0. The van der Waals surface area contributed by atoms with E-state index in [2.05, 4.69) is 15.6 Å². The number of fused-ring (bicyclic) bond motifs is 5. The number of nitrogens with zero attached hydrogens (tertiary/aromatic N) is 2. The number of hydrogen-bond donors (Lipinski definition) is 2. The Hall–Kier alpha value is -2.11. The maximum Gasteiger partial charge on any atom is 0.315 e. The average Bonchev–Trinajstić information content (AvgIpc) is 3.01. The summed E-state index contributed by atoms with van der Waals surface area (Å²) >= 11 is 0. The van der Waals surface area contributed by atoms with Crippen LogP contribution in [0.1, 0.15) is 32.1 Å². The first kappa shape index (κ1) is 15.2. The summed E-state index contributed by atoms with van der Waals surface area (Å²) in [6, 6.07) is 3.44. The van der Waals surface area contributed by atoms with E-state index in [0.29, 0.717) is 30.8 Å². The minimum Gasteiger partial charge on any atom is -0.335 e. The number of urea groups is 1. The van der Waals surface area contributed by atoms with Crippen molar-refractivity contribution in [1.29, 1.82) is 0 Å². The van der Waals surface area contributed by atoms with E-state index in [1.54, 1.807) is 17.3 Å². The number of pyridine rings is 1. The van der Waals surface area contributed by atoms with E-state index in [0.717, 1.165) is 23.9 Å². The zero-order valence-corrected chi connectivity index (χ0v) is 14.2. The molecule has 2 N–H and O–H groups in total. The predicted octanol–water partition coefficient (Wildman–Crippen LogP) is 1.92. The number of aromatic nitrogens is 1. The highest BCUT2D eigenvalue weighted by Crippen LogP contribution is 2.65. The molecule has 0 aromatic carbocycles. The van der Waals surface area contributed by atoms with Gasteiger partial charge in [0.2, 0.25) is 5.91 Å². The molecular weight excluding hydrogens is 316 g/mol. The van der Waals surface area contributed by atoms with E-state index in [1.807, 2.05) is 12.1 Å². The number of anilines is 1. The summed E-state index contributed by atoms with van der Waals surface area (Å²) in [6.07, 6.45) is 9.02. The molecule has 0 radical (unpaired) electrons. The van der Waals surface area contributed by atoms with Crippen LogP contribution in [0.4, 0.5) is 10.5 Å². The van der Waals surface area contributed by atoms with Gasteiger partial charge in [-0.15, -0.1) is 0 Å². The molecule has 2 heterocycles. The molecule has 3 amide bonds. The van der Waals surface area contributed by atoms with Crippen LogP contribution >= 0.6 is 0 Å². The molecule has 5 rings (SSSR count). The third-order valence-corrected chi connectivity index (χ3v) is 6.73. The molecule has 2 bridgehead atoms. The Kier molecular flexibility index (Phi) is 3.47. The second kappa shape index (κ2) is 5.71. The van der Waals surface area contributed by atoms with Gasteiger partial charge in [0, 0.05) is 18.8 Å². The van der Waals surface area contributed by atoms with Crippen molar-refractivity contribution < 1.29 is 9.59 Å². The Bertz CT molecular complexity index is 678. The molecule has 3 aliphatic carbocycles. The summed E-state index contributed by atoms with van der Waals surface area (Å²) in [5.41, 5.74) is 0.799. The van der Waals surface area contributed by atoms with Crippen molar-refractivity contribution in [3.8, 4) is 0 Å². The van der Waals surface area contributed by atoms with Crippen LogP contribution in [0.3, 0.4) is 0 Å². The summed E-state index contributed by atoms with van der Waals surface area (Å²) in [4.78, 5) is 31.0. The Morgan fingerprint density at radius 2 is 1.96 bits per heavy atom. The Morgan fingerprint density at radius 3 is 2.68 bits per heavy atom. The van der Waals surface area contributed by atoms with Gasteiger partial charge in [0.15, 0.2) is 0 Å². The highest BCUT2D eigenvalue weighted by molar-refractivity contribution is 5.99. The Labute approximate surface area is 147 Å². The number of hydrogen-bond acceptors (Lipinski definition) is 3. The van der Waals surface area contributed by atoms with E-state index in [1.165, 1.54) is 19.3 Å². The number of carbonyl (C=O) groups excluding carboxylic acids is 2. The smallest absolute Gasteiger partial charge is 0.315 e. The van der Waals surface area contributed by atoms with Crippen molar-refractivity contribution >= 4 is 17.6 Å². The minimum atomic E-state index is -0.440. The molecule has 5 unspecified atom stereocenters. The van der Waals surface area contributed by atoms with Crippen molar-refractivity contribution in [2.24, 2.45) is 23.7 Å². The highest BCUT2D eigenvalue weighted by Gasteiger charge is 2.65. The molecule has 4 fully saturated rings. The van der Waals surface area contributed by atoms with Crippen molar-refractivity contribution in [3.63, 3.8) is 0 Å². The number of carbonyl (C=O) groups is 2. The molecule has 1 aromatic heterocycles. The first-order valence-electron chi connectivity index (χ1n) is 9.51. The maximum absolute atomic E-state index is 12.7. The second-order valence-electron chi connectivity index (χ2n) is 8.03. The van der Waals surface area contributed by atoms with Crippen LogP contribution in [0.15, 0.2) is 24.5 Å². The fraction of sp³-hybridized carbons (Fsp3) is 0.632. The van der Waals surface area contributed by atoms with Gasteiger partial charge in [-0.3, -0.25) is 9.78 Å². The third-order valence-electron chi connectivity index (χ3n) is 6.73. The van der Waals surface area contributed by atoms with Crippen LogP contribution in [0.5, 0.6) is 0 Å². The van der Waals surface area contributed by atoms with E-state index in [-0.39, 0.29) is 11.9 Å². The van der Waals surface area contributed by atoms with Gasteiger partial charge in [-0.2, -0.15) is 0 Å². The van der Waals surface area contributed by atoms with Crippen LogP contribution in [0, 0.1) is 23.7 Å². The molecule has 1 aliphatic heterocycles. The highest BCUT2D eigenvalue weighted by atomic mass is 16.2. The van der Waals surface area contributed by atoms with E-state index in [9.17, 15) is 9.59 Å². The minimum absolute atomic E-state index is 0.0366. The number of rotatable bonds is 3. The van der Waals surface area contributed by atoms with Crippen molar-refractivity contribution in [1.82, 2.24) is 15.6 Å². The lowest BCUT2D eigenvalue weighted by atomic mass is 10.0. The van der Waals surface area contributed by atoms with Gasteiger partial charge in [0.25, 0.3) is 0 Å². The van der Waals surface area contributed by atoms with Gasteiger partial charge in [0.05, 0.1) is 11.9 Å². The molecular formula is C19H24N4O2. The number of amides is 3. The van der Waals surface area contributed by atoms with Crippen LogP contribution < -0.4 is 15.5 Å². The summed E-state index contributed by atoms with van der Waals surface area (Å²) in [5, 5.41) is 6.06. The van der Waals surface area contributed by atoms with Crippen molar-refractivity contribution in [3.05, 3.63) is 24.5 Å². The molecule has 6 nitrogen and oxygen atoms in total. The summed E-state index contributed by atoms with van der Waals surface area (Å²) in [6.45, 7) is 0.681. The first-order chi connectivity index (χ1) is 12.2. The lowest BCUT2D eigenvalue weighted by Crippen LogP contribution is -2.55. The van der Waals surface area contributed by atoms with E-state index < -0.39 is 6.04 Å². The topological polar surface area (TPSA) is 74.3 Å². The molecule has 3 saturated carbocycles. The molecule has 4 aliphatic rings. The normalized spacial score (nSPS) is 38.4. The van der Waals surface area contributed by atoms with Crippen LogP contribution in [0.25, 0.3) is 0 Å². The zero-order chi connectivity index (χ0) is 17.0. The van der Waals surface area contributed by atoms with Crippen LogP contribution in [-0.4, -0.2) is 35.6 Å². The molecule has 1 aromatic rings. The molecule has 6 heteroatoms. The lowest BCUT2D eigenvalue weighted by molar-refractivity contribution is -0.121. The fourth-order valence-corrected chi connectivity index (χ4v) is 5.65. The molecule has 1 saturated heterocycles. The second-order valence-corrected chi connectivity index (χ2v) is 8.03. The van der Waals surface area contributed by atoms with Gasteiger partial charge in [0.1, 0.15) is 6.04 Å². The van der Waals surface area contributed by atoms with Crippen LogP contribution in [0.2, 0.25) is 0 Å². The quantitative estimate of drug-likeness (QED) is 0.883. The van der Waals surface area contributed by atoms with E-state index >= 15 is 0 Å². The Morgan fingerprint density at radius 1 is 1.16 bits per heavy atom. The number of piperidine rings is 1. The monoisotopic (exact) mass is 340 g/mol. The number of nitrogens with one attached hydrogen (secondary N) is 2. The first-order valence-corrected chi connectivity index (χ1v) is 9.51. The van der Waals surface area contributed by atoms with Gasteiger partial charge < -0.3 is 15.5 Å². The molecule has 0 spiro atoms. The molecule has 132 valence electrons. The predicted molar refractivity (Wildman–Crippen MR) is 92.9 cm³/mol. The average molecular weight is 340 g/mol. The van der Waals surface area contributed by atoms with Crippen molar-refractivity contribution in [2.75, 3.05) is 11.4 Å². The third kappa shape index (κ3) is 2.50. The Balaban J connectivity index is 1.19. The molecule has 5 atom stereocenters. The standard InChI is InChI=1S/C19H24N4O2/c24-18-14(4-2-8-23(18)13-3-1-7-20-10-13)21-19(25)22-17-15-11-5-6-12(9-11)16(15)17/h1,3,7,10-12,14-17H,2,4-6,8-9H2,(H2,21,22,25). The van der Waals surface area contributed by atoms with Gasteiger partial charge in [-0.1, -0.05) is 0 Å². The fourth-order valence-electron chi connectivity index (χ4n) is 5.65. The van der Waals surface area contributed by atoms with E-state index in [4.69, 9.17) is 0 Å². The molecule has 25 heavy (non-hydrogen) atoms. The van der Waals surface area contributed by atoms with Crippen LogP contribution in [-0.2, 0) is 4.79 Å².